The van der Waals surface area contributed by atoms with Crippen molar-refractivity contribution in [2.75, 3.05) is 13.1 Å². The van der Waals surface area contributed by atoms with Gasteiger partial charge in [-0.15, -0.1) is 0 Å². The highest BCUT2D eigenvalue weighted by molar-refractivity contribution is 5.79. The van der Waals surface area contributed by atoms with E-state index in [0.29, 0.717) is 0 Å². The van der Waals surface area contributed by atoms with E-state index in [1.54, 1.807) is 4.90 Å². The average Bonchev–Trinajstić information content (AvgIpc) is 2.15. The van der Waals surface area contributed by atoms with E-state index >= 15 is 0 Å². The molecule has 0 aliphatic heterocycles. The van der Waals surface area contributed by atoms with E-state index in [2.05, 4.69) is 5.32 Å². The van der Waals surface area contributed by atoms with Crippen LogP contribution in [0.2, 0.25) is 0 Å². The monoisotopic (exact) mass is 230 g/mol. The molecular weight excluding hydrogens is 208 g/mol. The molecule has 0 aliphatic carbocycles. The van der Waals surface area contributed by atoms with Gasteiger partial charge in [0.05, 0.1) is 13.1 Å². The van der Waals surface area contributed by atoms with Gasteiger partial charge >= 0.3 is 5.97 Å². The first kappa shape index (κ1) is 14.9. The first-order valence-corrected chi connectivity index (χ1v) is 5.62. The number of carbonyl (C=O) groups excluding carboxylic acids is 1. The van der Waals surface area contributed by atoms with Crippen LogP contribution < -0.4 is 5.32 Å². The molecule has 0 radical (unpaired) electrons. The molecule has 2 N–H and O–H groups in total. The zero-order valence-corrected chi connectivity index (χ0v) is 10.5. The lowest BCUT2D eigenvalue weighted by Gasteiger charge is -2.24. The van der Waals surface area contributed by atoms with Gasteiger partial charge in [-0.05, 0) is 27.2 Å². The number of carbonyl (C=O) groups is 2. The van der Waals surface area contributed by atoms with Crippen LogP contribution in [0.5, 0.6) is 0 Å². The molecule has 1 atom stereocenters. The highest BCUT2D eigenvalue weighted by atomic mass is 16.4. The second-order valence-electron chi connectivity index (χ2n) is 4.27. The Morgan fingerprint density at radius 1 is 1.25 bits per heavy atom. The molecule has 0 aromatic heterocycles. The normalized spacial score (nSPS) is 12.9. The van der Waals surface area contributed by atoms with E-state index in [1.807, 2.05) is 27.7 Å². The minimum Gasteiger partial charge on any atom is -0.480 e. The number of rotatable bonds is 7. The summed E-state index contributed by atoms with van der Waals surface area (Å²) < 4.78 is 0. The van der Waals surface area contributed by atoms with Crippen molar-refractivity contribution >= 4 is 11.9 Å². The van der Waals surface area contributed by atoms with Crippen molar-refractivity contribution in [1.29, 1.82) is 0 Å². The van der Waals surface area contributed by atoms with Gasteiger partial charge in [0, 0.05) is 12.1 Å². The van der Waals surface area contributed by atoms with Crippen molar-refractivity contribution in [2.24, 2.45) is 0 Å². The minimum absolute atomic E-state index is 0.0405. The van der Waals surface area contributed by atoms with E-state index in [0.717, 1.165) is 6.42 Å². The van der Waals surface area contributed by atoms with Crippen LogP contribution in [0.25, 0.3) is 0 Å². The number of carboxylic acid groups (broad SMARTS) is 1. The predicted octanol–water partition coefficient (Wildman–Crippen LogP) is 0.696. The van der Waals surface area contributed by atoms with E-state index < -0.39 is 5.97 Å². The fourth-order valence-corrected chi connectivity index (χ4v) is 1.20. The lowest BCUT2D eigenvalue weighted by Crippen LogP contribution is -2.45. The standard InChI is InChI=1S/C11H22N2O3/c1-5-9(4)12-10(14)6-13(8(2)3)7-11(15)16/h8-9H,5-7H2,1-4H3,(H,12,14)(H,15,16). The lowest BCUT2D eigenvalue weighted by atomic mass is 10.2. The topological polar surface area (TPSA) is 69.6 Å². The lowest BCUT2D eigenvalue weighted by molar-refractivity contribution is -0.139. The van der Waals surface area contributed by atoms with E-state index in [1.165, 1.54) is 0 Å². The zero-order valence-electron chi connectivity index (χ0n) is 10.5. The van der Waals surface area contributed by atoms with Gasteiger partial charge in [-0.25, -0.2) is 0 Å². The quantitative estimate of drug-likeness (QED) is 0.675. The Balaban J connectivity index is 4.18. The Labute approximate surface area is 96.8 Å². The largest absolute Gasteiger partial charge is 0.480 e. The first-order valence-electron chi connectivity index (χ1n) is 5.62. The van der Waals surface area contributed by atoms with Crippen LogP contribution in [-0.2, 0) is 9.59 Å². The molecule has 94 valence electrons. The maximum atomic E-state index is 11.6. The van der Waals surface area contributed by atoms with Crippen molar-refractivity contribution in [3.63, 3.8) is 0 Å². The minimum atomic E-state index is -0.912. The van der Waals surface area contributed by atoms with Crippen LogP contribution in [0, 0.1) is 0 Å². The van der Waals surface area contributed by atoms with Gasteiger partial charge in [-0.3, -0.25) is 14.5 Å². The summed E-state index contributed by atoms with van der Waals surface area (Å²) in [5.41, 5.74) is 0. The first-order chi connectivity index (χ1) is 7.36. The maximum Gasteiger partial charge on any atom is 0.317 e. The van der Waals surface area contributed by atoms with E-state index in [4.69, 9.17) is 5.11 Å². The number of carboxylic acids is 1. The Morgan fingerprint density at radius 3 is 2.19 bits per heavy atom. The van der Waals surface area contributed by atoms with E-state index in [-0.39, 0.29) is 31.1 Å². The summed E-state index contributed by atoms with van der Waals surface area (Å²) in [6.07, 6.45) is 0.867. The molecule has 1 unspecified atom stereocenters. The number of hydrogen-bond donors (Lipinski definition) is 2. The molecule has 0 rings (SSSR count). The summed E-state index contributed by atoms with van der Waals surface area (Å²) in [6.45, 7) is 7.69. The fraction of sp³-hybridized carbons (Fsp3) is 0.818. The molecule has 0 saturated heterocycles. The molecule has 0 aliphatic rings. The molecule has 16 heavy (non-hydrogen) atoms. The van der Waals surface area contributed by atoms with E-state index in [9.17, 15) is 9.59 Å². The van der Waals surface area contributed by atoms with Crippen LogP contribution in [0.3, 0.4) is 0 Å². The average molecular weight is 230 g/mol. The maximum absolute atomic E-state index is 11.6. The van der Waals surface area contributed by atoms with Crippen molar-refractivity contribution in [2.45, 2.75) is 46.2 Å². The van der Waals surface area contributed by atoms with Crippen LogP contribution in [0.15, 0.2) is 0 Å². The Hall–Kier alpha value is -1.10. The van der Waals surface area contributed by atoms with Crippen molar-refractivity contribution < 1.29 is 14.7 Å². The summed E-state index contributed by atoms with van der Waals surface area (Å²) >= 11 is 0. The molecule has 0 saturated carbocycles. The summed E-state index contributed by atoms with van der Waals surface area (Å²) in [6, 6.07) is 0.171. The highest BCUT2D eigenvalue weighted by Gasteiger charge is 2.17. The Kier molecular flexibility index (Phi) is 6.72. The summed E-state index contributed by atoms with van der Waals surface area (Å²) in [4.78, 5) is 23.8. The fourth-order valence-electron chi connectivity index (χ4n) is 1.20. The third kappa shape index (κ3) is 6.40. The molecule has 0 heterocycles. The molecule has 0 spiro atoms. The Bertz CT molecular complexity index is 241. The number of hydrogen-bond acceptors (Lipinski definition) is 3. The second-order valence-corrected chi connectivity index (χ2v) is 4.27. The molecule has 0 aromatic rings. The van der Waals surface area contributed by atoms with Crippen LogP contribution >= 0.6 is 0 Å². The molecule has 0 bridgehead atoms. The van der Waals surface area contributed by atoms with Gasteiger partial charge in [0.2, 0.25) is 5.91 Å². The smallest absolute Gasteiger partial charge is 0.317 e. The van der Waals surface area contributed by atoms with Gasteiger partial charge < -0.3 is 10.4 Å². The van der Waals surface area contributed by atoms with Crippen molar-refractivity contribution in [3.8, 4) is 0 Å². The molecule has 5 heteroatoms. The number of amides is 1. The van der Waals surface area contributed by atoms with Crippen molar-refractivity contribution in [3.05, 3.63) is 0 Å². The van der Waals surface area contributed by atoms with Crippen LogP contribution in [0.4, 0.5) is 0 Å². The van der Waals surface area contributed by atoms with Gasteiger partial charge in [0.15, 0.2) is 0 Å². The Morgan fingerprint density at radius 2 is 1.81 bits per heavy atom. The molecule has 0 aromatic carbocycles. The zero-order chi connectivity index (χ0) is 12.7. The number of aliphatic carboxylic acids is 1. The van der Waals surface area contributed by atoms with Crippen LogP contribution in [0.1, 0.15) is 34.1 Å². The molecule has 0 fully saturated rings. The van der Waals surface area contributed by atoms with Gasteiger partial charge in [-0.1, -0.05) is 6.92 Å². The van der Waals surface area contributed by atoms with Gasteiger partial charge in [0.1, 0.15) is 0 Å². The summed E-state index contributed by atoms with van der Waals surface area (Å²) in [5, 5.41) is 11.5. The van der Waals surface area contributed by atoms with Crippen molar-refractivity contribution in [1.82, 2.24) is 10.2 Å². The van der Waals surface area contributed by atoms with Gasteiger partial charge in [0.25, 0.3) is 0 Å². The summed E-state index contributed by atoms with van der Waals surface area (Å²) in [5.74, 6) is -1.03. The summed E-state index contributed by atoms with van der Waals surface area (Å²) in [7, 11) is 0. The predicted molar refractivity (Wildman–Crippen MR) is 62.2 cm³/mol. The number of nitrogens with zero attached hydrogens (tertiary/aromatic N) is 1. The SMILES string of the molecule is CCC(C)NC(=O)CN(CC(=O)O)C(C)C. The number of nitrogens with one attached hydrogen (secondary N) is 1. The molecular formula is C11H22N2O3. The highest BCUT2D eigenvalue weighted by Crippen LogP contribution is 1.98. The van der Waals surface area contributed by atoms with Crippen LogP contribution in [-0.4, -0.2) is 47.1 Å². The molecule has 5 nitrogen and oxygen atoms in total. The third-order valence-corrected chi connectivity index (χ3v) is 2.44. The second kappa shape index (κ2) is 7.22. The third-order valence-electron chi connectivity index (χ3n) is 2.44. The molecule has 1 amide bonds. The van der Waals surface area contributed by atoms with Gasteiger partial charge in [-0.2, -0.15) is 0 Å².